The van der Waals surface area contributed by atoms with Crippen LogP contribution in [0.5, 0.6) is 0 Å². The lowest BCUT2D eigenvalue weighted by Crippen LogP contribution is -2.40. The summed E-state index contributed by atoms with van der Waals surface area (Å²) in [4.78, 5) is 6.20. The number of halogens is 3. The smallest absolute Gasteiger partial charge is 0.352 e. The normalized spacial score (nSPS) is 16.9. The number of benzene rings is 1. The van der Waals surface area contributed by atoms with Crippen molar-refractivity contribution in [2.45, 2.75) is 50.7 Å². The Morgan fingerprint density at radius 1 is 1.33 bits per heavy atom. The van der Waals surface area contributed by atoms with Gasteiger partial charge in [0.2, 0.25) is 0 Å². The van der Waals surface area contributed by atoms with Gasteiger partial charge in [0.05, 0.1) is 5.56 Å². The van der Waals surface area contributed by atoms with Crippen molar-refractivity contribution in [1.82, 2.24) is 9.71 Å². The summed E-state index contributed by atoms with van der Waals surface area (Å²) in [6.45, 7) is 7.24. The van der Waals surface area contributed by atoms with E-state index in [1.807, 2.05) is 6.08 Å². The van der Waals surface area contributed by atoms with Crippen molar-refractivity contribution in [2.24, 2.45) is 0 Å². The molecule has 0 fully saturated rings. The lowest BCUT2D eigenvalue weighted by Gasteiger charge is -2.32. The van der Waals surface area contributed by atoms with Crippen LogP contribution in [-0.2, 0) is 19.0 Å². The first-order chi connectivity index (χ1) is 14.4. The average molecular weight is 436 g/mol. The predicted molar refractivity (Wildman–Crippen MR) is 119 cm³/mol. The maximum absolute atomic E-state index is 12.9. The average Bonchev–Trinajstić information content (AvgIpc) is 3.15. The molecule has 3 rings (SSSR count). The highest BCUT2D eigenvalue weighted by atomic mass is 32.1. The summed E-state index contributed by atoms with van der Waals surface area (Å²) in [6, 6.07) is 9.31. The zero-order valence-corrected chi connectivity index (χ0v) is 18.0. The number of hydrogen-bond donors (Lipinski definition) is 2. The minimum Gasteiger partial charge on any atom is -0.352 e. The number of nitrogens with one attached hydrogen (secondary N) is 1. The molecule has 1 aromatic carbocycles. The number of aromatic nitrogens is 1. The summed E-state index contributed by atoms with van der Waals surface area (Å²) in [5.41, 5.74) is 3.23. The van der Waals surface area contributed by atoms with E-state index < -0.39 is 11.7 Å². The standard InChI is InChI=1S/C23H28F3N3S/c1-3-17-7-8-18-6-5-16(14-21(17)18)13-20(4-2)29(12-11-28-30)22-10-9-19(15-27-22)23(24,25)26/h3,5-6,9-10,14-15,17,20,28,30H,1,4,7-8,11-13H2,2H3. The second-order valence-corrected chi connectivity index (χ2v) is 8.00. The molecule has 0 radical (unpaired) electrons. The van der Waals surface area contributed by atoms with E-state index in [0.29, 0.717) is 24.8 Å². The molecule has 2 atom stereocenters. The summed E-state index contributed by atoms with van der Waals surface area (Å²) in [7, 11) is 0. The predicted octanol–water partition coefficient (Wildman–Crippen LogP) is 5.58. The number of fused-ring (bicyclic) bond motifs is 1. The zero-order chi connectivity index (χ0) is 21.7. The van der Waals surface area contributed by atoms with Crippen LogP contribution in [0.4, 0.5) is 19.0 Å². The molecule has 1 aliphatic rings. The summed E-state index contributed by atoms with van der Waals surface area (Å²) in [5, 5.41) is 0. The highest BCUT2D eigenvalue weighted by Crippen LogP contribution is 2.35. The number of pyridine rings is 1. The van der Waals surface area contributed by atoms with Crippen LogP contribution in [0.15, 0.2) is 49.2 Å². The molecule has 0 aliphatic heterocycles. The fraction of sp³-hybridized carbons (Fsp3) is 0.435. The number of nitrogens with zero attached hydrogens (tertiary/aromatic N) is 2. The molecule has 30 heavy (non-hydrogen) atoms. The maximum atomic E-state index is 12.9. The van der Waals surface area contributed by atoms with E-state index in [1.165, 1.54) is 22.8 Å². The van der Waals surface area contributed by atoms with E-state index in [1.54, 1.807) is 0 Å². The number of rotatable bonds is 9. The van der Waals surface area contributed by atoms with Crippen LogP contribution in [0.1, 0.15) is 47.9 Å². The molecule has 162 valence electrons. The molecule has 7 heteroatoms. The molecule has 3 nitrogen and oxygen atoms in total. The van der Waals surface area contributed by atoms with Crippen LogP contribution in [-0.4, -0.2) is 24.1 Å². The van der Waals surface area contributed by atoms with E-state index in [0.717, 1.165) is 37.9 Å². The van der Waals surface area contributed by atoms with Gasteiger partial charge in [0.25, 0.3) is 0 Å². The van der Waals surface area contributed by atoms with Gasteiger partial charge in [-0.25, -0.2) is 4.98 Å². The van der Waals surface area contributed by atoms with Gasteiger partial charge in [-0.1, -0.05) is 44.0 Å². The van der Waals surface area contributed by atoms with Crippen molar-refractivity contribution in [3.63, 3.8) is 0 Å². The highest BCUT2D eigenvalue weighted by molar-refractivity contribution is 7.78. The molecule has 1 aliphatic carbocycles. The van der Waals surface area contributed by atoms with Crippen LogP contribution >= 0.6 is 12.8 Å². The quantitative estimate of drug-likeness (QED) is 0.398. The van der Waals surface area contributed by atoms with E-state index >= 15 is 0 Å². The fourth-order valence-corrected chi connectivity index (χ4v) is 4.28. The van der Waals surface area contributed by atoms with E-state index in [9.17, 15) is 13.2 Å². The van der Waals surface area contributed by atoms with E-state index in [4.69, 9.17) is 0 Å². The molecule has 0 saturated heterocycles. The molecule has 0 bridgehead atoms. The Morgan fingerprint density at radius 2 is 2.13 bits per heavy atom. The van der Waals surface area contributed by atoms with Crippen molar-refractivity contribution in [2.75, 3.05) is 18.0 Å². The lowest BCUT2D eigenvalue weighted by atomic mass is 9.95. The van der Waals surface area contributed by atoms with Gasteiger partial charge in [0.1, 0.15) is 5.82 Å². The van der Waals surface area contributed by atoms with Gasteiger partial charge in [-0.15, -0.1) is 6.58 Å². The maximum Gasteiger partial charge on any atom is 0.417 e. The summed E-state index contributed by atoms with van der Waals surface area (Å²) < 4.78 is 41.6. The van der Waals surface area contributed by atoms with Crippen molar-refractivity contribution in [3.8, 4) is 0 Å². The summed E-state index contributed by atoms with van der Waals surface area (Å²) >= 11 is 4.07. The number of aryl methyl sites for hydroxylation is 1. The molecule has 0 amide bonds. The molecular weight excluding hydrogens is 407 g/mol. The molecule has 0 saturated carbocycles. The van der Waals surface area contributed by atoms with Gasteiger partial charge in [0, 0.05) is 31.2 Å². The van der Waals surface area contributed by atoms with Crippen LogP contribution < -0.4 is 9.62 Å². The van der Waals surface area contributed by atoms with E-state index in [-0.39, 0.29) is 6.04 Å². The SMILES string of the molecule is C=CC1CCc2ccc(CC(CC)N(CCNS)c3ccc(C(F)(F)F)cn3)cc21. The third-order valence-corrected chi connectivity index (χ3v) is 6.06. The number of thiol groups is 1. The van der Waals surface area contributed by atoms with Gasteiger partial charge in [-0.2, -0.15) is 13.2 Å². The van der Waals surface area contributed by atoms with Gasteiger partial charge in [0.15, 0.2) is 0 Å². The summed E-state index contributed by atoms with van der Waals surface area (Å²) in [6.07, 6.45) is 2.36. The minimum absolute atomic E-state index is 0.109. The van der Waals surface area contributed by atoms with Crippen LogP contribution in [0.2, 0.25) is 0 Å². The Morgan fingerprint density at radius 3 is 2.73 bits per heavy atom. The largest absolute Gasteiger partial charge is 0.417 e. The second kappa shape index (κ2) is 9.88. The van der Waals surface area contributed by atoms with Gasteiger partial charge >= 0.3 is 6.18 Å². The van der Waals surface area contributed by atoms with Gasteiger partial charge in [-0.05, 0) is 54.5 Å². The van der Waals surface area contributed by atoms with Crippen LogP contribution in [0.3, 0.4) is 0 Å². The molecule has 1 N–H and O–H groups in total. The molecule has 0 spiro atoms. The van der Waals surface area contributed by atoms with Gasteiger partial charge in [-0.3, -0.25) is 4.72 Å². The number of alkyl halides is 3. The Kier molecular flexibility index (Phi) is 7.47. The number of allylic oxidation sites excluding steroid dienone is 1. The van der Waals surface area contributed by atoms with Crippen molar-refractivity contribution in [3.05, 3.63) is 71.4 Å². The number of hydrogen-bond acceptors (Lipinski definition) is 4. The molecule has 2 unspecified atom stereocenters. The lowest BCUT2D eigenvalue weighted by molar-refractivity contribution is -0.137. The van der Waals surface area contributed by atoms with Crippen molar-refractivity contribution >= 4 is 18.6 Å². The Balaban J connectivity index is 1.84. The molecule has 2 aromatic rings. The second-order valence-electron chi connectivity index (χ2n) is 7.68. The molecule has 1 aromatic heterocycles. The van der Waals surface area contributed by atoms with Crippen molar-refractivity contribution < 1.29 is 13.2 Å². The topological polar surface area (TPSA) is 28.2 Å². The molecular formula is C23H28F3N3S. The fourth-order valence-electron chi connectivity index (χ4n) is 4.18. The minimum atomic E-state index is -4.39. The van der Waals surface area contributed by atoms with Crippen molar-refractivity contribution in [1.29, 1.82) is 0 Å². The highest BCUT2D eigenvalue weighted by Gasteiger charge is 2.31. The molecule has 1 heterocycles. The monoisotopic (exact) mass is 435 g/mol. The van der Waals surface area contributed by atoms with Crippen LogP contribution in [0.25, 0.3) is 0 Å². The Labute approximate surface area is 181 Å². The Bertz CT molecular complexity index is 852. The zero-order valence-electron chi connectivity index (χ0n) is 17.1. The Hall–Kier alpha value is -1.99. The van der Waals surface area contributed by atoms with Crippen LogP contribution in [0, 0.1) is 0 Å². The van der Waals surface area contributed by atoms with E-state index in [2.05, 4.69) is 59.1 Å². The summed E-state index contributed by atoms with van der Waals surface area (Å²) in [5.74, 6) is 0.949. The number of anilines is 1. The van der Waals surface area contributed by atoms with Gasteiger partial charge < -0.3 is 4.90 Å². The first-order valence-electron chi connectivity index (χ1n) is 10.3. The third kappa shape index (κ3) is 5.19. The first kappa shape index (κ1) is 22.7. The first-order valence-corrected chi connectivity index (χ1v) is 10.7. The third-order valence-electron chi connectivity index (χ3n) is 5.84.